The molecular weight excluding hydrogens is 285 g/mol. The van der Waals surface area contributed by atoms with Crippen LogP contribution >= 0.6 is 0 Å². The third-order valence-corrected chi connectivity index (χ3v) is 5.30. The second-order valence-corrected chi connectivity index (χ2v) is 6.33. The maximum absolute atomic E-state index is 14.1. The number of nitrogens with zero attached hydrogens (tertiary/aromatic N) is 2. The molecule has 116 valence electrons. The number of aromatic nitrogens is 2. The fourth-order valence-electron chi connectivity index (χ4n) is 3.79. The fourth-order valence-corrected chi connectivity index (χ4v) is 3.79. The van der Waals surface area contributed by atoms with Crippen molar-refractivity contribution in [3.63, 3.8) is 0 Å². The molecule has 3 unspecified atom stereocenters. The van der Waals surface area contributed by atoms with Crippen molar-refractivity contribution in [1.29, 1.82) is 0 Å². The Kier molecular flexibility index (Phi) is 2.74. The summed E-state index contributed by atoms with van der Waals surface area (Å²) in [5, 5.41) is 0.876. The first kappa shape index (κ1) is 13.5. The predicted octanol–water partition coefficient (Wildman–Crippen LogP) is 2.53. The fraction of sp³-hybridized carbons (Fsp3) is 0.500. The van der Waals surface area contributed by atoms with Gasteiger partial charge in [-0.25, -0.2) is 9.37 Å². The van der Waals surface area contributed by atoms with Crippen LogP contribution in [0.3, 0.4) is 0 Å². The largest absolute Gasteiger partial charge is 0.479 e. The van der Waals surface area contributed by atoms with Gasteiger partial charge in [0.1, 0.15) is 16.9 Å². The van der Waals surface area contributed by atoms with Gasteiger partial charge in [0.2, 0.25) is 5.88 Å². The van der Waals surface area contributed by atoms with Crippen LogP contribution < -0.4 is 4.74 Å². The predicted molar refractivity (Wildman–Crippen MR) is 79.7 cm³/mol. The molecule has 0 spiro atoms. The molecule has 3 atom stereocenters. The third kappa shape index (κ3) is 1.69. The van der Waals surface area contributed by atoms with Gasteiger partial charge in [-0.1, -0.05) is 0 Å². The zero-order valence-corrected chi connectivity index (χ0v) is 12.6. The second kappa shape index (κ2) is 4.44. The molecule has 1 N–H and O–H groups in total. The number of halogens is 1. The molecule has 2 aliphatic rings. The Hall–Kier alpha value is -2.11. The van der Waals surface area contributed by atoms with Crippen molar-refractivity contribution in [2.45, 2.75) is 31.0 Å². The minimum Gasteiger partial charge on any atom is -0.479 e. The zero-order valence-electron chi connectivity index (χ0n) is 12.6. The minimum atomic E-state index is -1.01. The number of nitrogens with one attached hydrogen (secondary N) is 1. The number of fused-ring (bicyclic) bond motifs is 2. The maximum Gasteiger partial charge on any atom is 0.270 e. The number of rotatable bonds is 3. The van der Waals surface area contributed by atoms with Crippen LogP contribution in [0.2, 0.25) is 0 Å². The lowest BCUT2D eigenvalue weighted by atomic mass is 9.53. The van der Waals surface area contributed by atoms with E-state index in [1.54, 1.807) is 31.3 Å². The van der Waals surface area contributed by atoms with E-state index in [1.165, 1.54) is 0 Å². The molecular formula is C16H18FN3O2. The van der Waals surface area contributed by atoms with Gasteiger partial charge in [0.25, 0.3) is 5.91 Å². The van der Waals surface area contributed by atoms with Crippen molar-refractivity contribution in [3.8, 4) is 5.88 Å². The maximum atomic E-state index is 14.1. The van der Waals surface area contributed by atoms with Crippen LogP contribution in [0, 0.1) is 5.92 Å². The molecule has 2 heterocycles. The van der Waals surface area contributed by atoms with Crippen molar-refractivity contribution in [1.82, 2.24) is 14.9 Å². The average molecular weight is 303 g/mol. The van der Waals surface area contributed by atoms with E-state index in [0.29, 0.717) is 29.9 Å². The number of ether oxygens (including phenoxy) is 1. The summed E-state index contributed by atoms with van der Waals surface area (Å²) >= 11 is 0. The molecule has 5 nitrogen and oxygen atoms in total. The first-order valence-electron chi connectivity index (χ1n) is 7.51. The summed E-state index contributed by atoms with van der Waals surface area (Å²) in [6, 6.07) is 3.63. The number of H-pyrrole nitrogens is 1. The molecule has 2 aromatic heterocycles. The van der Waals surface area contributed by atoms with E-state index in [-0.39, 0.29) is 17.9 Å². The van der Waals surface area contributed by atoms with E-state index < -0.39 is 5.67 Å². The van der Waals surface area contributed by atoms with E-state index in [4.69, 9.17) is 4.74 Å². The number of alkyl halides is 1. The van der Waals surface area contributed by atoms with Gasteiger partial charge in [-0.05, 0) is 25.0 Å². The molecule has 2 aliphatic carbocycles. The molecule has 0 aliphatic heterocycles. The standard InChI is InChI=1S/C16H18FN3O2/c1-20(12-8-16(17)5-3-10(12)16)15(21)11-7-9-4-6-18-14(22-2)13(9)19-11/h4,6-7,10,12,19H,3,5,8H2,1-2H3. The normalized spacial score (nSPS) is 29.4. The van der Waals surface area contributed by atoms with Gasteiger partial charge in [-0.2, -0.15) is 0 Å². The van der Waals surface area contributed by atoms with Crippen molar-refractivity contribution >= 4 is 16.8 Å². The summed E-state index contributed by atoms with van der Waals surface area (Å²) < 4.78 is 19.3. The average Bonchev–Trinajstić information content (AvgIpc) is 2.96. The van der Waals surface area contributed by atoms with Crippen molar-refractivity contribution < 1.29 is 13.9 Å². The smallest absolute Gasteiger partial charge is 0.270 e. The molecule has 2 saturated carbocycles. The van der Waals surface area contributed by atoms with Crippen LogP contribution in [0.25, 0.3) is 10.9 Å². The monoisotopic (exact) mass is 303 g/mol. The van der Waals surface area contributed by atoms with Gasteiger partial charge >= 0.3 is 0 Å². The van der Waals surface area contributed by atoms with Gasteiger partial charge < -0.3 is 14.6 Å². The molecule has 0 radical (unpaired) electrons. The number of pyridine rings is 1. The number of amides is 1. The van der Waals surface area contributed by atoms with Crippen molar-refractivity contribution in [2.75, 3.05) is 14.2 Å². The molecule has 2 fully saturated rings. The lowest BCUT2D eigenvalue weighted by Gasteiger charge is -2.60. The van der Waals surface area contributed by atoms with Gasteiger partial charge in [0.15, 0.2) is 0 Å². The van der Waals surface area contributed by atoms with E-state index in [9.17, 15) is 9.18 Å². The van der Waals surface area contributed by atoms with Crippen molar-refractivity contribution in [2.24, 2.45) is 5.92 Å². The SMILES string of the molecule is COc1nccc2cc(C(=O)N(C)C3CC4(F)CCC34)[nH]c12. The Morgan fingerprint density at radius 2 is 2.41 bits per heavy atom. The van der Waals surface area contributed by atoms with E-state index in [0.717, 1.165) is 11.8 Å². The van der Waals surface area contributed by atoms with Crippen LogP contribution in [0.1, 0.15) is 29.8 Å². The number of carbonyl (C=O) groups excluding carboxylic acids is 1. The number of methoxy groups -OCH3 is 1. The number of aromatic amines is 1. The van der Waals surface area contributed by atoms with Crippen LogP contribution in [-0.4, -0.2) is 46.6 Å². The molecule has 1 amide bonds. The summed E-state index contributed by atoms with van der Waals surface area (Å²) in [6.45, 7) is 0. The molecule has 0 aromatic carbocycles. The first-order chi connectivity index (χ1) is 10.5. The van der Waals surface area contributed by atoms with Gasteiger partial charge in [-0.3, -0.25) is 4.79 Å². The Morgan fingerprint density at radius 1 is 1.59 bits per heavy atom. The number of hydrogen-bond donors (Lipinski definition) is 1. The zero-order chi connectivity index (χ0) is 15.5. The second-order valence-electron chi connectivity index (χ2n) is 6.33. The van der Waals surface area contributed by atoms with Crippen LogP contribution in [0.15, 0.2) is 18.3 Å². The highest BCUT2D eigenvalue weighted by molar-refractivity contribution is 5.99. The molecule has 0 saturated heterocycles. The summed E-state index contributed by atoms with van der Waals surface area (Å²) in [6.07, 6.45) is 3.63. The topological polar surface area (TPSA) is 58.2 Å². The summed E-state index contributed by atoms with van der Waals surface area (Å²) in [7, 11) is 3.30. The Bertz CT molecular complexity index is 759. The van der Waals surface area contributed by atoms with Gasteiger partial charge in [-0.15, -0.1) is 0 Å². The lowest BCUT2D eigenvalue weighted by Crippen LogP contribution is -2.67. The highest BCUT2D eigenvalue weighted by Crippen LogP contribution is 2.58. The van der Waals surface area contributed by atoms with Crippen LogP contribution in [0.5, 0.6) is 5.88 Å². The third-order valence-electron chi connectivity index (χ3n) is 5.30. The van der Waals surface area contributed by atoms with Gasteiger partial charge in [0.05, 0.1) is 7.11 Å². The molecule has 6 heteroatoms. The minimum absolute atomic E-state index is 0.0117. The number of hydrogen-bond acceptors (Lipinski definition) is 3. The number of carbonyl (C=O) groups is 1. The quantitative estimate of drug-likeness (QED) is 0.948. The summed E-state index contributed by atoms with van der Waals surface area (Å²) in [4.78, 5) is 21.5. The van der Waals surface area contributed by atoms with Crippen molar-refractivity contribution in [3.05, 3.63) is 24.0 Å². The highest BCUT2D eigenvalue weighted by atomic mass is 19.1. The molecule has 0 bridgehead atoms. The van der Waals surface area contributed by atoms with Gasteiger partial charge in [0, 0.05) is 37.0 Å². The summed E-state index contributed by atoms with van der Waals surface area (Å²) in [5.74, 6) is 0.365. The Morgan fingerprint density at radius 3 is 3.00 bits per heavy atom. The van der Waals surface area contributed by atoms with E-state index in [1.807, 2.05) is 6.07 Å². The van der Waals surface area contributed by atoms with Crippen LogP contribution in [0.4, 0.5) is 4.39 Å². The molecule has 2 aromatic rings. The van der Waals surface area contributed by atoms with E-state index >= 15 is 0 Å². The lowest BCUT2D eigenvalue weighted by molar-refractivity contribution is -0.152. The Balaban J connectivity index is 1.60. The van der Waals surface area contributed by atoms with E-state index in [2.05, 4.69) is 9.97 Å². The Labute approximate surface area is 127 Å². The van der Waals surface area contributed by atoms with Crippen LogP contribution in [-0.2, 0) is 0 Å². The molecule has 4 rings (SSSR count). The summed E-state index contributed by atoms with van der Waals surface area (Å²) in [5.41, 5.74) is 0.186. The highest BCUT2D eigenvalue weighted by Gasteiger charge is 2.62. The first-order valence-corrected chi connectivity index (χ1v) is 7.51. The molecule has 22 heavy (non-hydrogen) atoms.